The summed E-state index contributed by atoms with van der Waals surface area (Å²) in [6.45, 7) is 7.07. The number of hydrogen-bond donors (Lipinski definition) is 1. The molecule has 2 rings (SSSR count). The Labute approximate surface area is 101 Å². The Morgan fingerprint density at radius 3 is 2.65 bits per heavy atom. The average Bonchev–Trinajstić information content (AvgIpc) is 2.55. The molecule has 17 heavy (non-hydrogen) atoms. The van der Waals surface area contributed by atoms with Crippen molar-refractivity contribution in [3.05, 3.63) is 35.0 Å². The zero-order valence-electron chi connectivity index (χ0n) is 10.4. The van der Waals surface area contributed by atoms with Gasteiger partial charge in [0.15, 0.2) is 0 Å². The predicted octanol–water partition coefficient (Wildman–Crippen LogP) is 3.37. The van der Waals surface area contributed by atoms with Gasteiger partial charge in [-0.2, -0.15) is 0 Å². The second-order valence-electron chi connectivity index (χ2n) is 4.37. The van der Waals surface area contributed by atoms with Crippen molar-refractivity contribution in [2.45, 2.75) is 33.7 Å². The Morgan fingerprint density at radius 2 is 2.06 bits per heavy atom. The number of fused-ring (bicyclic) bond motifs is 1. The van der Waals surface area contributed by atoms with Gasteiger partial charge in [0.2, 0.25) is 0 Å². The van der Waals surface area contributed by atoms with Crippen LogP contribution in [-0.2, 0) is 6.54 Å². The summed E-state index contributed by atoms with van der Waals surface area (Å²) in [6.07, 6.45) is 0.998. The number of hydrogen-bond acceptors (Lipinski definition) is 1. The molecule has 1 aromatic heterocycles. The SMILES string of the molecule is CCCn1c(C)c(C)c2cccc(C(=O)O)c21. The maximum atomic E-state index is 11.3. The summed E-state index contributed by atoms with van der Waals surface area (Å²) < 4.78 is 2.12. The van der Waals surface area contributed by atoms with Crippen molar-refractivity contribution in [2.75, 3.05) is 0 Å². The zero-order chi connectivity index (χ0) is 12.6. The molecule has 1 heterocycles. The van der Waals surface area contributed by atoms with Crippen LogP contribution in [0, 0.1) is 13.8 Å². The molecule has 0 atom stereocenters. The van der Waals surface area contributed by atoms with E-state index in [9.17, 15) is 9.90 Å². The minimum Gasteiger partial charge on any atom is -0.478 e. The molecule has 0 fully saturated rings. The van der Waals surface area contributed by atoms with E-state index in [1.807, 2.05) is 12.1 Å². The summed E-state index contributed by atoms with van der Waals surface area (Å²) in [5, 5.41) is 10.3. The standard InChI is InChI=1S/C14H17NO2/c1-4-8-15-10(3)9(2)11-6-5-7-12(13(11)15)14(16)17/h5-7H,4,8H2,1-3H3,(H,16,17). The van der Waals surface area contributed by atoms with Crippen molar-refractivity contribution in [3.63, 3.8) is 0 Å². The highest BCUT2D eigenvalue weighted by atomic mass is 16.4. The first-order valence-corrected chi connectivity index (χ1v) is 5.89. The predicted molar refractivity (Wildman–Crippen MR) is 68.7 cm³/mol. The van der Waals surface area contributed by atoms with Crippen molar-refractivity contribution in [2.24, 2.45) is 0 Å². The van der Waals surface area contributed by atoms with Gasteiger partial charge in [0.05, 0.1) is 11.1 Å². The lowest BCUT2D eigenvalue weighted by Crippen LogP contribution is -2.04. The summed E-state index contributed by atoms with van der Waals surface area (Å²) in [5.74, 6) is -0.856. The van der Waals surface area contributed by atoms with Crippen LogP contribution in [-0.4, -0.2) is 15.6 Å². The summed E-state index contributed by atoms with van der Waals surface area (Å²) in [7, 11) is 0. The fraction of sp³-hybridized carbons (Fsp3) is 0.357. The molecule has 0 aliphatic rings. The number of benzene rings is 1. The van der Waals surface area contributed by atoms with Crippen LogP contribution in [0.4, 0.5) is 0 Å². The molecule has 0 saturated carbocycles. The fourth-order valence-electron chi connectivity index (χ4n) is 2.38. The van der Waals surface area contributed by atoms with E-state index in [4.69, 9.17) is 0 Å². The number of carboxylic acids is 1. The Kier molecular flexibility index (Phi) is 2.92. The molecule has 0 bridgehead atoms. The molecular formula is C14H17NO2. The smallest absolute Gasteiger partial charge is 0.337 e. The number of aromatic carboxylic acids is 1. The molecule has 3 nitrogen and oxygen atoms in total. The van der Waals surface area contributed by atoms with Crippen molar-refractivity contribution >= 4 is 16.9 Å². The molecule has 0 aliphatic carbocycles. The molecule has 0 spiro atoms. The first kappa shape index (κ1) is 11.7. The van der Waals surface area contributed by atoms with Crippen LogP contribution in [0.3, 0.4) is 0 Å². The Balaban J connectivity index is 2.87. The third kappa shape index (κ3) is 1.71. The molecular weight excluding hydrogens is 214 g/mol. The number of para-hydroxylation sites is 1. The number of nitrogens with zero attached hydrogens (tertiary/aromatic N) is 1. The second-order valence-corrected chi connectivity index (χ2v) is 4.37. The molecule has 0 saturated heterocycles. The molecule has 0 unspecified atom stereocenters. The summed E-state index contributed by atoms with van der Waals surface area (Å²) in [6, 6.07) is 5.49. The Bertz CT molecular complexity index is 581. The molecule has 0 aliphatic heterocycles. The number of rotatable bonds is 3. The lowest BCUT2D eigenvalue weighted by atomic mass is 10.1. The number of aryl methyl sites for hydroxylation is 2. The lowest BCUT2D eigenvalue weighted by Gasteiger charge is -2.08. The summed E-state index contributed by atoms with van der Waals surface area (Å²) >= 11 is 0. The van der Waals surface area contributed by atoms with Crippen molar-refractivity contribution < 1.29 is 9.90 Å². The van der Waals surface area contributed by atoms with Crippen LogP contribution < -0.4 is 0 Å². The van der Waals surface area contributed by atoms with E-state index in [-0.39, 0.29) is 0 Å². The highest BCUT2D eigenvalue weighted by Gasteiger charge is 2.16. The highest BCUT2D eigenvalue weighted by Crippen LogP contribution is 2.28. The van der Waals surface area contributed by atoms with Crippen LogP contribution in [0.2, 0.25) is 0 Å². The van der Waals surface area contributed by atoms with Gasteiger partial charge in [-0.25, -0.2) is 4.79 Å². The van der Waals surface area contributed by atoms with E-state index >= 15 is 0 Å². The third-order valence-corrected chi connectivity index (χ3v) is 3.34. The minimum absolute atomic E-state index is 0.396. The van der Waals surface area contributed by atoms with Gasteiger partial charge in [0, 0.05) is 17.6 Å². The van der Waals surface area contributed by atoms with Gasteiger partial charge in [-0.05, 0) is 31.9 Å². The van der Waals surface area contributed by atoms with Crippen LogP contribution in [0.15, 0.2) is 18.2 Å². The number of aromatic nitrogens is 1. The van der Waals surface area contributed by atoms with E-state index in [0.717, 1.165) is 29.6 Å². The van der Waals surface area contributed by atoms with Gasteiger partial charge < -0.3 is 9.67 Å². The minimum atomic E-state index is -0.856. The van der Waals surface area contributed by atoms with Crippen molar-refractivity contribution in [1.29, 1.82) is 0 Å². The van der Waals surface area contributed by atoms with Crippen LogP contribution in [0.1, 0.15) is 35.0 Å². The molecule has 0 radical (unpaired) electrons. The van der Waals surface area contributed by atoms with Gasteiger partial charge in [-0.1, -0.05) is 19.1 Å². The van der Waals surface area contributed by atoms with Gasteiger partial charge in [-0.3, -0.25) is 0 Å². The Hall–Kier alpha value is -1.77. The van der Waals surface area contributed by atoms with Crippen molar-refractivity contribution in [1.82, 2.24) is 4.57 Å². The molecule has 0 amide bonds. The fourth-order valence-corrected chi connectivity index (χ4v) is 2.38. The normalized spacial score (nSPS) is 11.0. The van der Waals surface area contributed by atoms with Gasteiger partial charge >= 0.3 is 5.97 Å². The quantitative estimate of drug-likeness (QED) is 0.880. The summed E-state index contributed by atoms with van der Waals surface area (Å²) in [4.78, 5) is 11.3. The molecule has 1 aromatic carbocycles. The maximum absolute atomic E-state index is 11.3. The number of carboxylic acid groups (broad SMARTS) is 1. The number of carbonyl (C=O) groups is 1. The van der Waals surface area contributed by atoms with Crippen LogP contribution in [0.25, 0.3) is 10.9 Å². The lowest BCUT2D eigenvalue weighted by molar-refractivity contribution is 0.0698. The van der Waals surface area contributed by atoms with E-state index < -0.39 is 5.97 Å². The van der Waals surface area contributed by atoms with E-state index in [1.54, 1.807) is 6.07 Å². The maximum Gasteiger partial charge on any atom is 0.337 e. The second kappa shape index (κ2) is 4.24. The Morgan fingerprint density at radius 1 is 1.35 bits per heavy atom. The molecule has 1 N–H and O–H groups in total. The van der Waals surface area contributed by atoms with Crippen molar-refractivity contribution in [3.8, 4) is 0 Å². The van der Waals surface area contributed by atoms with Gasteiger partial charge in [0.25, 0.3) is 0 Å². The third-order valence-electron chi connectivity index (χ3n) is 3.34. The summed E-state index contributed by atoms with van der Waals surface area (Å²) in [5.41, 5.74) is 3.59. The van der Waals surface area contributed by atoms with E-state index in [2.05, 4.69) is 25.3 Å². The topological polar surface area (TPSA) is 42.2 Å². The van der Waals surface area contributed by atoms with Gasteiger partial charge in [0.1, 0.15) is 0 Å². The zero-order valence-corrected chi connectivity index (χ0v) is 10.4. The largest absolute Gasteiger partial charge is 0.478 e. The average molecular weight is 231 g/mol. The molecule has 2 aromatic rings. The van der Waals surface area contributed by atoms with E-state index in [1.165, 1.54) is 5.56 Å². The molecule has 3 heteroatoms. The first-order valence-electron chi connectivity index (χ1n) is 5.89. The van der Waals surface area contributed by atoms with Gasteiger partial charge in [-0.15, -0.1) is 0 Å². The first-order chi connectivity index (χ1) is 8.07. The van der Waals surface area contributed by atoms with Crippen LogP contribution >= 0.6 is 0 Å². The monoisotopic (exact) mass is 231 g/mol. The van der Waals surface area contributed by atoms with Crippen LogP contribution in [0.5, 0.6) is 0 Å². The van der Waals surface area contributed by atoms with E-state index in [0.29, 0.717) is 5.56 Å². The molecule has 90 valence electrons. The highest BCUT2D eigenvalue weighted by molar-refractivity contribution is 6.03.